The minimum absolute atomic E-state index is 0.00803. The molecular formula is C13H18BrF2NO. The minimum Gasteiger partial charge on any atom is -0.389 e. The molecule has 0 aliphatic carbocycles. The van der Waals surface area contributed by atoms with Gasteiger partial charge >= 0.3 is 0 Å². The maximum atomic E-state index is 13.7. The first-order valence-corrected chi connectivity index (χ1v) is 6.45. The predicted octanol–water partition coefficient (Wildman–Crippen LogP) is 3.37. The normalized spacial score (nSPS) is 12.9. The van der Waals surface area contributed by atoms with Crippen LogP contribution in [0, 0.1) is 11.6 Å². The maximum Gasteiger partial charge on any atom is 0.144 e. The molecule has 18 heavy (non-hydrogen) atoms. The highest BCUT2D eigenvalue weighted by atomic mass is 79.9. The van der Waals surface area contributed by atoms with Crippen LogP contribution >= 0.6 is 15.9 Å². The van der Waals surface area contributed by atoms with Crippen LogP contribution in [0.25, 0.3) is 0 Å². The topological polar surface area (TPSA) is 32.3 Å². The Morgan fingerprint density at radius 2 is 1.78 bits per heavy atom. The van der Waals surface area contributed by atoms with Crippen LogP contribution in [0.2, 0.25) is 0 Å². The van der Waals surface area contributed by atoms with E-state index in [1.807, 2.05) is 0 Å². The number of nitrogens with one attached hydrogen (secondary N) is 1. The molecule has 0 spiro atoms. The zero-order valence-electron chi connectivity index (χ0n) is 10.9. The Hall–Kier alpha value is -0.520. The lowest BCUT2D eigenvalue weighted by molar-refractivity contribution is -0.00557. The number of halogens is 3. The molecule has 0 atom stereocenters. The molecule has 0 bridgehead atoms. The molecule has 0 heterocycles. The second-order valence-corrected chi connectivity index (χ2v) is 6.21. The Morgan fingerprint density at radius 3 is 2.28 bits per heavy atom. The lowest BCUT2D eigenvalue weighted by Gasteiger charge is -2.38. The summed E-state index contributed by atoms with van der Waals surface area (Å²) in [5.41, 5.74) is -1.72. The molecule has 5 heteroatoms. The predicted molar refractivity (Wildman–Crippen MR) is 71.3 cm³/mol. The molecule has 0 unspecified atom stereocenters. The van der Waals surface area contributed by atoms with Crippen LogP contribution in [0.1, 0.15) is 33.3 Å². The monoisotopic (exact) mass is 321 g/mol. The summed E-state index contributed by atoms with van der Waals surface area (Å²) in [6.45, 7) is 6.86. The van der Waals surface area contributed by atoms with E-state index in [0.717, 1.165) is 0 Å². The number of benzene rings is 1. The molecule has 0 fully saturated rings. The Bertz CT molecular complexity index is 441. The second kappa shape index (κ2) is 5.23. The molecule has 0 radical (unpaired) electrons. The van der Waals surface area contributed by atoms with Crippen molar-refractivity contribution >= 4 is 15.9 Å². The molecule has 1 rings (SSSR count). The highest BCUT2D eigenvalue weighted by Crippen LogP contribution is 2.24. The van der Waals surface area contributed by atoms with Gasteiger partial charge in [0.15, 0.2) is 0 Å². The zero-order valence-corrected chi connectivity index (χ0v) is 12.5. The van der Waals surface area contributed by atoms with Gasteiger partial charge in [0.1, 0.15) is 11.6 Å². The first-order valence-electron chi connectivity index (χ1n) is 5.66. The van der Waals surface area contributed by atoms with Crippen LogP contribution in [-0.2, 0) is 6.54 Å². The van der Waals surface area contributed by atoms with Crippen molar-refractivity contribution in [2.75, 3.05) is 0 Å². The van der Waals surface area contributed by atoms with Crippen LogP contribution in [0.15, 0.2) is 16.6 Å². The van der Waals surface area contributed by atoms with Crippen molar-refractivity contribution in [3.63, 3.8) is 0 Å². The van der Waals surface area contributed by atoms with Gasteiger partial charge in [0.25, 0.3) is 0 Å². The number of aliphatic hydroxyl groups is 1. The number of rotatable bonds is 4. The minimum atomic E-state index is -1.01. The van der Waals surface area contributed by atoms with Crippen LogP contribution in [0.4, 0.5) is 8.78 Å². The van der Waals surface area contributed by atoms with E-state index >= 15 is 0 Å². The number of hydrogen-bond donors (Lipinski definition) is 2. The molecule has 102 valence electrons. The van der Waals surface area contributed by atoms with Crippen molar-refractivity contribution < 1.29 is 13.9 Å². The third-order valence-corrected chi connectivity index (χ3v) is 3.99. The Morgan fingerprint density at radius 1 is 1.22 bits per heavy atom. The Labute approximate surface area is 115 Å². The molecular weight excluding hydrogens is 304 g/mol. The van der Waals surface area contributed by atoms with E-state index in [1.54, 1.807) is 27.7 Å². The molecule has 1 aromatic rings. The highest BCUT2D eigenvalue weighted by molar-refractivity contribution is 9.10. The van der Waals surface area contributed by atoms with Gasteiger partial charge in [-0.2, -0.15) is 0 Å². The van der Waals surface area contributed by atoms with Crippen molar-refractivity contribution in [3.05, 3.63) is 33.8 Å². The average Bonchev–Trinajstić information content (AvgIpc) is 2.22. The maximum absolute atomic E-state index is 13.7. The van der Waals surface area contributed by atoms with Gasteiger partial charge in [-0.1, -0.05) is 0 Å². The fraction of sp³-hybridized carbons (Fsp3) is 0.538. The first-order chi connectivity index (χ1) is 8.06. The average molecular weight is 322 g/mol. The van der Waals surface area contributed by atoms with E-state index in [-0.39, 0.29) is 16.6 Å². The molecule has 0 saturated heterocycles. The first kappa shape index (κ1) is 15.5. The van der Waals surface area contributed by atoms with Crippen molar-refractivity contribution in [1.29, 1.82) is 0 Å². The van der Waals surface area contributed by atoms with Gasteiger partial charge in [0.2, 0.25) is 0 Å². The van der Waals surface area contributed by atoms with Gasteiger partial charge in [0, 0.05) is 17.6 Å². The van der Waals surface area contributed by atoms with Gasteiger partial charge in [0.05, 0.1) is 10.1 Å². The standard InChI is InChI=1S/C13H18BrF2NO/c1-12(2,13(3,4)18)17-7-8-10(15)6-5-9(14)11(8)16/h5-6,17-18H,7H2,1-4H3. The summed E-state index contributed by atoms with van der Waals surface area (Å²) < 4.78 is 27.5. The summed E-state index contributed by atoms with van der Waals surface area (Å²) in [6.07, 6.45) is 0. The third kappa shape index (κ3) is 3.28. The highest BCUT2D eigenvalue weighted by Gasteiger charge is 2.34. The van der Waals surface area contributed by atoms with Crippen LogP contribution in [0.3, 0.4) is 0 Å². The second-order valence-electron chi connectivity index (χ2n) is 5.36. The summed E-state index contributed by atoms with van der Waals surface area (Å²) >= 11 is 3.02. The molecule has 0 aromatic heterocycles. The SMILES string of the molecule is CC(C)(O)C(C)(C)NCc1c(F)ccc(Br)c1F. The quantitative estimate of drug-likeness (QED) is 0.833. The third-order valence-electron chi connectivity index (χ3n) is 3.38. The summed E-state index contributed by atoms with van der Waals surface area (Å²) in [7, 11) is 0. The van der Waals surface area contributed by atoms with Crippen molar-refractivity contribution in [1.82, 2.24) is 5.32 Å². The lowest BCUT2D eigenvalue weighted by Crippen LogP contribution is -2.55. The van der Waals surface area contributed by atoms with Gasteiger partial charge in [-0.15, -0.1) is 0 Å². The van der Waals surface area contributed by atoms with E-state index < -0.39 is 22.8 Å². The Balaban J connectivity index is 2.91. The summed E-state index contributed by atoms with van der Waals surface area (Å²) in [6, 6.07) is 2.54. The molecule has 0 aliphatic heterocycles. The van der Waals surface area contributed by atoms with Crippen molar-refractivity contribution in [2.24, 2.45) is 0 Å². The molecule has 0 amide bonds. The molecule has 2 nitrogen and oxygen atoms in total. The van der Waals surface area contributed by atoms with E-state index in [0.29, 0.717) is 0 Å². The fourth-order valence-corrected chi connectivity index (χ4v) is 1.63. The summed E-state index contributed by atoms with van der Waals surface area (Å²) in [5.74, 6) is -1.22. The molecule has 0 saturated carbocycles. The molecule has 2 N–H and O–H groups in total. The van der Waals surface area contributed by atoms with E-state index in [4.69, 9.17) is 0 Å². The molecule has 0 aliphatic rings. The lowest BCUT2D eigenvalue weighted by atomic mass is 9.86. The van der Waals surface area contributed by atoms with Crippen LogP contribution in [0.5, 0.6) is 0 Å². The van der Waals surface area contributed by atoms with Crippen molar-refractivity contribution in [3.8, 4) is 0 Å². The number of hydrogen-bond acceptors (Lipinski definition) is 2. The largest absolute Gasteiger partial charge is 0.389 e. The van der Waals surface area contributed by atoms with Gasteiger partial charge in [-0.3, -0.25) is 0 Å². The van der Waals surface area contributed by atoms with Gasteiger partial charge in [-0.05, 0) is 55.8 Å². The Kier molecular flexibility index (Phi) is 4.51. The van der Waals surface area contributed by atoms with E-state index in [1.165, 1.54) is 12.1 Å². The van der Waals surface area contributed by atoms with E-state index in [9.17, 15) is 13.9 Å². The fourth-order valence-electron chi connectivity index (χ4n) is 1.26. The summed E-state index contributed by atoms with van der Waals surface area (Å²) in [4.78, 5) is 0. The van der Waals surface area contributed by atoms with Gasteiger partial charge < -0.3 is 10.4 Å². The van der Waals surface area contributed by atoms with Crippen LogP contribution in [-0.4, -0.2) is 16.2 Å². The smallest absolute Gasteiger partial charge is 0.144 e. The summed E-state index contributed by atoms with van der Waals surface area (Å²) in [5, 5.41) is 12.9. The van der Waals surface area contributed by atoms with Crippen molar-refractivity contribution in [2.45, 2.75) is 45.4 Å². The van der Waals surface area contributed by atoms with E-state index in [2.05, 4.69) is 21.2 Å². The molecule has 1 aromatic carbocycles. The zero-order chi connectivity index (χ0) is 14.1. The van der Waals surface area contributed by atoms with Crippen LogP contribution < -0.4 is 5.32 Å². The van der Waals surface area contributed by atoms with Gasteiger partial charge in [-0.25, -0.2) is 8.78 Å².